The lowest BCUT2D eigenvalue weighted by atomic mass is 10.0. The van der Waals surface area contributed by atoms with Gasteiger partial charge in [0.25, 0.3) is 0 Å². The van der Waals surface area contributed by atoms with Crippen molar-refractivity contribution in [3.63, 3.8) is 0 Å². The molecule has 15 heteroatoms. The van der Waals surface area contributed by atoms with Gasteiger partial charge in [-0.2, -0.15) is 18.3 Å². The Bertz CT molecular complexity index is 1600. The van der Waals surface area contributed by atoms with Crippen LogP contribution in [0.1, 0.15) is 16.8 Å². The van der Waals surface area contributed by atoms with Crippen LogP contribution in [-0.4, -0.2) is 63.3 Å². The summed E-state index contributed by atoms with van der Waals surface area (Å²) < 4.78 is 60.1. The highest BCUT2D eigenvalue weighted by molar-refractivity contribution is 6.03. The van der Waals surface area contributed by atoms with E-state index in [4.69, 9.17) is 10.5 Å². The molecule has 2 amide bonds. The number of halogens is 4. The first-order chi connectivity index (χ1) is 19.7. The van der Waals surface area contributed by atoms with Crippen LogP contribution in [-0.2, 0) is 17.5 Å². The Morgan fingerprint density at radius 3 is 2.56 bits per heavy atom. The predicted molar refractivity (Wildman–Crippen MR) is 142 cm³/mol. The van der Waals surface area contributed by atoms with Crippen molar-refractivity contribution in [1.29, 1.82) is 0 Å². The van der Waals surface area contributed by atoms with Gasteiger partial charge in [-0.05, 0) is 35.9 Å². The second-order valence-corrected chi connectivity index (χ2v) is 9.12. The van der Waals surface area contributed by atoms with E-state index in [1.807, 2.05) is 0 Å². The van der Waals surface area contributed by atoms with Gasteiger partial charge in [0.05, 0.1) is 36.4 Å². The Balaban J connectivity index is 1.43. The molecule has 214 valence electrons. The Morgan fingerprint density at radius 2 is 1.88 bits per heavy atom. The molecule has 1 fully saturated rings. The number of aromatic nitrogens is 3. The van der Waals surface area contributed by atoms with Crippen molar-refractivity contribution in [2.75, 3.05) is 42.7 Å². The van der Waals surface area contributed by atoms with Gasteiger partial charge in [0.1, 0.15) is 17.7 Å². The SMILES string of the molecule is Nc1ncnn2c(CN3CCOCC3)c(/C=N/O)c(-c3ccc(NC(=O)Nc4cc(C(F)(F)F)ccc4F)cc3)c12. The Hall–Kier alpha value is -4.76. The van der Waals surface area contributed by atoms with Crippen molar-refractivity contribution in [3.05, 3.63) is 71.4 Å². The van der Waals surface area contributed by atoms with Crippen molar-refractivity contribution in [1.82, 2.24) is 19.5 Å². The molecule has 1 saturated heterocycles. The van der Waals surface area contributed by atoms with E-state index in [1.165, 1.54) is 12.5 Å². The van der Waals surface area contributed by atoms with Crippen LogP contribution in [0.3, 0.4) is 0 Å². The zero-order valence-electron chi connectivity index (χ0n) is 21.3. The molecule has 5 rings (SSSR count). The van der Waals surface area contributed by atoms with E-state index in [1.54, 1.807) is 28.8 Å². The van der Waals surface area contributed by atoms with Crippen LogP contribution in [0.4, 0.5) is 39.5 Å². The number of oxime groups is 1. The molecule has 0 bridgehead atoms. The summed E-state index contributed by atoms with van der Waals surface area (Å²) in [5.74, 6) is -0.824. The van der Waals surface area contributed by atoms with E-state index in [9.17, 15) is 27.6 Å². The number of nitrogen functional groups attached to an aromatic ring is 1. The van der Waals surface area contributed by atoms with E-state index >= 15 is 0 Å². The Kier molecular flexibility index (Phi) is 7.72. The highest BCUT2D eigenvalue weighted by Crippen LogP contribution is 2.36. The average molecular weight is 573 g/mol. The second kappa shape index (κ2) is 11.4. The number of morpholine rings is 1. The number of hydrogen-bond donors (Lipinski definition) is 4. The van der Waals surface area contributed by atoms with E-state index in [0.717, 1.165) is 0 Å². The number of anilines is 3. The van der Waals surface area contributed by atoms with Gasteiger partial charge < -0.3 is 26.3 Å². The number of alkyl halides is 3. The summed E-state index contributed by atoms with van der Waals surface area (Å²) in [5, 5.41) is 21.7. The fourth-order valence-electron chi connectivity index (χ4n) is 4.61. The Labute approximate surface area is 230 Å². The first-order valence-corrected chi connectivity index (χ1v) is 12.3. The minimum atomic E-state index is -4.70. The zero-order valence-corrected chi connectivity index (χ0v) is 21.3. The van der Waals surface area contributed by atoms with Gasteiger partial charge in [-0.25, -0.2) is 18.7 Å². The lowest BCUT2D eigenvalue weighted by molar-refractivity contribution is -0.137. The molecule has 2 aromatic heterocycles. The maximum Gasteiger partial charge on any atom is 0.416 e. The number of nitrogens with two attached hydrogens (primary N) is 1. The summed E-state index contributed by atoms with van der Waals surface area (Å²) in [6.45, 7) is 3.03. The minimum absolute atomic E-state index is 0.195. The van der Waals surface area contributed by atoms with Crippen molar-refractivity contribution in [2.45, 2.75) is 12.7 Å². The van der Waals surface area contributed by atoms with E-state index in [-0.39, 0.29) is 11.5 Å². The molecule has 3 heterocycles. The van der Waals surface area contributed by atoms with E-state index in [2.05, 4.69) is 30.8 Å². The average Bonchev–Trinajstić information content (AvgIpc) is 3.24. The molecule has 1 aliphatic rings. The fraction of sp³-hybridized carbons (Fsp3) is 0.231. The largest absolute Gasteiger partial charge is 0.416 e. The number of carbonyl (C=O) groups excluding carboxylic acids is 1. The first-order valence-electron chi connectivity index (χ1n) is 12.3. The number of nitrogens with zero attached hydrogens (tertiary/aromatic N) is 5. The van der Waals surface area contributed by atoms with Crippen LogP contribution in [0.15, 0.2) is 53.9 Å². The number of rotatable bonds is 6. The number of benzene rings is 2. The molecule has 0 aliphatic carbocycles. The number of urea groups is 1. The molecule has 1 aliphatic heterocycles. The van der Waals surface area contributed by atoms with Gasteiger partial charge in [-0.15, -0.1) is 0 Å². The van der Waals surface area contributed by atoms with Gasteiger partial charge in [0, 0.05) is 36.4 Å². The topological polar surface area (TPSA) is 142 Å². The van der Waals surface area contributed by atoms with Crippen LogP contribution < -0.4 is 16.4 Å². The van der Waals surface area contributed by atoms with Crippen molar-refractivity contribution >= 4 is 35.0 Å². The van der Waals surface area contributed by atoms with Gasteiger partial charge in [-0.1, -0.05) is 17.3 Å². The van der Waals surface area contributed by atoms with Gasteiger partial charge in [0.15, 0.2) is 5.82 Å². The van der Waals surface area contributed by atoms with Gasteiger partial charge in [0.2, 0.25) is 0 Å². The molecule has 0 saturated carbocycles. The highest BCUT2D eigenvalue weighted by atomic mass is 19.4. The predicted octanol–water partition coefficient (Wildman–Crippen LogP) is 4.42. The highest BCUT2D eigenvalue weighted by Gasteiger charge is 2.31. The molecule has 11 nitrogen and oxygen atoms in total. The standard InChI is InChI=1S/C26H24F4N8O3/c27-19-6-3-16(26(28,29)30)11-20(19)36-25(39)35-17-4-1-15(2-5-17)22-18(12-34-40)21(13-37-7-9-41-10-8-37)38-23(22)24(31)32-14-33-38/h1-6,11-12,14,40H,7-10,13H2,(H2,31,32,33)(H2,35,36,39)/b34-12+. The van der Waals surface area contributed by atoms with Gasteiger partial charge in [-0.3, -0.25) is 4.90 Å². The number of fused-ring (bicyclic) bond motifs is 1. The van der Waals surface area contributed by atoms with Crippen LogP contribution in [0.5, 0.6) is 0 Å². The minimum Gasteiger partial charge on any atom is -0.411 e. The molecule has 5 N–H and O–H groups in total. The maximum atomic E-state index is 14.0. The van der Waals surface area contributed by atoms with E-state index < -0.39 is 29.3 Å². The van der Waals surface area contributed by atoms with Crippen molar-refractivity contribution < 1.29 is 32.3 Å². The van der Waals surface area contributed by atoms with Crippen LogP contribution in [0.25, 0.3) is 16.6 Å². The number of amides is 2. The first kappa shape index (κ1) is 27.8. The molecule has 0 radical (unpaired) electrons. The summed E-state index contributed by atoms with van der Waals surface area (Å²) in [4.78, 5) is 18.7. The molecule has 2 aromatic carbocycles. The number of hydrogen-bond acceptors (Lipinski definition) is 8. The Morgan fingerprint density at radius 1 is 1.15 bits per heavy atom. The summed E-state index contributed by atoms with van der Waals surface area (Å²) in [6.07, 6.45) is -2.08. The quantitative estimate of drug-likeness (QED) is 0.116. The van der Waals surface area contributed by atoms with Crippen LogP contribution in [0.2, 0.25) is 0 Å². The third-order valence-corrected chi connectivity index (χ3v) is 6.53. The number of carbonyl (C=O) groups is 1. The summed E-state index contributed by atoms with van der Waals surface area (Å²) in [6, 6.07) is 7.20. The molecule has 0 unspecified atom stereocenters. The maximum absolute atomic E-state index is 14.0. The smallest absolute Gasteiger partial charge is 0.411 e. The van der Waals surface area contributed by atoms with Gasteiger partial charge >= 0.3 is 12.2 Å². The molecular formula is C26H24F4N8O3. The molecule has 0 spiro atoms. The van der Waals surface area contributed by atoms with Crippen molar-refractivity contribution in [3.8, 4) is 11.1 Å². The third kappa shape index (κ3) is 5.90. The second-order valence-electron chi connectivity index (χ2n) is 9.12. The summed E-state index contributed by atoms with van der Waals surface area (Å²) in [7, 11) is 0. The van der Waals surface area contributed by atoms with Crippen molar-refractivity contribution in [2.24, 2.45) is 5.16 Å². The lowest BCUT2D eigenvalue weighted by Crippen LogP contribution is -2.36. The van der Waals surface area contributed by atoms with E-state index in [0.29, 0.717) is 78.9 Å². The monoisotopic (exact) mass is 572 g/mol. The van der Waals surface area contributed by atoms with Crippen LogP contribution >= 0.6 is 0 Å². The lowest BCUT2D eigenvalue weighted by Gasteiger charge is -2.26. The number of ether oxygens (including phenoxy) is 1. The fourth-order valence-corrected chi connectivity index (χ4v) is 4.61. The molecule has 41 heavy (non-hydrogen) atoms. The van der Waals surface area contributed by atoms with Crippen LogP contribution in [0, 0.1) is 5.82 Å². The molecule has 4 aromatic rings. The normalized spacial score (nSPS) is 14.5. The summed E-state index contributed by atoms with van der Waals surface area (Å²) in [5.41, 5.74) is 7.78. The zero-order chi connectivity index (χ0) is 29.1. The number of nitrogens with one attached hydrogen (secondary N) is 2. The summed E-state index contributed by atoms with van der Waals surface area (Å²) >= 11 is 0. The molecular weight excluding hydrogens is 548 g/mol. The third-order valence-electron chi connectivity index (χ3n) is 6.53. The molecule has 0 atom stereocenters.